The van der Waals surface area contributed by atoms with E-state index < -0.39 is 27.3 Å². The summed E-state index contributed by atoms with van der Waals surface area (Å²) in [5, 5.41) is 2.77. The Labute approximate surface area is 164 Å². The number of sulfone groups is 1. The Morgan fingerprint density at radius 1 is 0.857 bits per heavy atom. The fourth-order valence-corrected chi connectivity index (χ4v) is 4.18. The number of nitrogens with one attached hydrogen (secondary N) is 1. The molecule has 6 heteroatoms. The fraction of sp³-hybridized carbons (Fsp3) is 0.136. The zero-order valence-corrected chi connectivity index (χ0v) is 16.0. The van der Waals surface area contributed by atoms with Crippen LogP contribution in [0.5, 0.6) is 0 Å². The molecule has 0 aliphatic rings. The molecule has 0 radical (unpaired) electrons. The van der Waals surface area contributed by atoms with Gasteiger partial charge in [0.2, 0.25) is 5.91 Å². The summed E-state index contributed by atoms with van der Waals surface area (Å²) < 4.78 is 38.3. The first kappa shape index (κ1) is 19.8. The number of rotatable bonds is 7. The van der Waals surface area contributed by atoms with Gasteiger partial charge in [-0.25, -0.2) is 12.8 Å². The Bertz CT molecular complexity index is 1070. The van der Waals surface area contributed by atoms with E-state index in [9.17, 15) is 17.6 Å². The molecular formula is C22H20FNO3S. The summed E-state index contributed by atoms with van der Waals surface area (Å²) in [5.41, 5.74) is 2.67. The number of carbonyl (C=O) groups excluding carboxylic acids is 1. The summed E-state index contributed by atoms with van der Waals surface area (Å²) >= 11 is 0. The van der Waals surface area contributed by atoms with Gasteiger partial charge in [0.1, 0.15) is 10.7 Å². The number of halogens is 1. The molecule has 28 heavy (non-hydrogen) atoms. The van der Waals surface area contributed by atoms with Crippen molar-refractivity contribution in [3.05, 3.63) is 95.8 Å². The number of para-hydroxylation sites is 1. The van der Waals surface area contributed by atoms with Gasteiger partial charge in [-0.3, -0.25) is 4.79 Å². The van der Waals surface area contributed by atoms with Gasteiger partial charge < -0.3 is 5.32 Å². The molecule has 0 unspecified atom stereocenters. The molecular weight excluding hydrogens is 377 g/mol. The van der Waals surface area contributed by atoms with Crippen LogP contribution in [0.4, 0.5) is 10.1 Å². The lowest BCUT2D eigenvalue weighted by Crippen LogP contribution is -2.18. The van der Waals surface area contributed by atoms with E-state index in [4.69, 9.17) is 0 Å². The summed E-state index contributed by atoms with van der Waals surface area (Å²) in [7, 11) is -3.87. The van der Waals surface area contributed by atoms with E-state index in [1.165, 1.54) is 18.2 Å². The highest BCUT2D eigenvalue weighted by Crippen LogP contribution is 2.20. The normalized spacial score (nSPS) is 11.2. The van der Waals surface area contributed by atoms with E-state index >= 15 is 0 Å². The molecule has 4 nitrogen and oxygen atoms in total. The third-order valence-corrected chi connectivity index (χ3v) is 6.04. The van der Waals surface area contributed by atoms with Gasteiger partial charge in [0, 0.05) is 12.1 Å². The monoisotopic (exact) mass is 397 g/mol. The van der Waals surface area contributed by atoms with E-state index in [1.807, 2.05) is 42.5 Å². The zero-order valence-electron chi connectivity index (χ0n) is 15.1. The van der Waals surface area contributed by atoms with Crippen LogP contribution in [-0.4, -0.2) is 20.1 Å². The van der Waals surface area contributed by atoms with Crippen LogP contribution in [0, 0.1) is 5.82 Å². The first-order valence-corrected chi connectivity index (χ1v) is 10.5. The first-order chi connectivity index (χ1) is 13.5. The number of benzene rings is 3. The van der Waals surface area contributed by atoms with Gasteiger partial charge in [-0.15, -0.1) is 0 Å². The highest BCUT2D eigenvalue weighted by molar-refractivity contribution is 7.91. The van der Waals surface area contributed by atoms with Crippen LogP contribution >= 0.6 is 0 Å². The molecule has 0 aliphatic carbocycles. The van der Waals surface area contributed by atoms with E-state index in [1.54, 1.807) is 12.1 Å². The van der Waals surface area contributed by atoms with Crippen molar-refractivity contribution < 1.29 is 17.6 Å². The van der Waals surface area contributed by atoms with Gasteiger partial charge in [-0.1, -0.05) is 60.7 Å². The summed E-state index contributed by atoms with van der Waals surface area (Å²) in [6.45, 7) is 0. The van der Waals surface area contributed by atoms with Crippen molar-refractivity contribution >= 4 is 21.4 Å². The van der Waals surface area contributed by atoms with Crippen LogP contribution in [0.25, 0.3) is 0 Å². The molecule has 0 heterocycles. The number of hydrogen-bond donors (Lipinski definition) is 1. The predicted octanol–water partition coefficient (Wildman–Crippen LogP) is 4.22. The Morgan fingerprint density at radius 3 is 2.25 bits per heavy atom. The van der Waals surface area contributed by atoms with Crippen molar-refractivity contribution in [2.45, 2.75) is 17.7 Å². The lowest BCUT2D eigenvalue weighted by Gasteiger charge is -2.11. The van der Waals surface area contributed by atoms with E-state index in [-0.39, 0.29) is 11.3 Å². The summed E-state index contributed by atoms with van der Waals surface area (Å²) in [5.74, 6) is -1.70. The second-order valence-corrected chi connectivity index (χ2v) is 8.44. The predicted molar refractivity (Wildman–Crippen MR) is 107 cm³/mol. The fourth-order valence-electron chi connectivity index (χ4n) is 2.86. The molecule has 0 saturated heterocycles. The Balaban J connectivity index is 1.66. The third kappa shape index (κ3) is 5.04. The minimum Gasteiger partial charge on any atom is -0.326 e. The SMILES string of the molecule is O=C(CCS(=O)(=O)c1ccccc1F)Nc1ccccc1Cc1ccccc1. The van der Waals surface area contributed by atoms with Crippen molar-refractivity contribution in [1.82, 2.24) is 0 Å². The molecule has 3 rings (SSSR count). The molecule has 1 amide bonds. The average Bonchev–Trinajstić information content (AvgIpc) is 2.69. The van der Waals surface area contributed by atoms with Gasteiger partial charge >= 0.3 is 0 Å². The Kier molecular flexibility index (Phi) is 6.21. The Morgan fingerprint density at radius 2 is 1.50 bits per heavy atom. The van der Waals surface area contributed by atoms with Gasteiger partial charge in [-0.05, 0) is 35.7 Å². The van der Waals surface area contributed by atoms with E-state index in [0.717, 1.165) is 17.2 Å². The summed E-state index contributed by atoms with van der Waals surface area (Å²) in [6, 6.07) is 22.4. The molecule has 0 spiro atoms. The standard InChI is InChI=1S/C22H20FNO3S/c23-19-11-5-7-13-21(19)28(26,27)15-14-22(25)24-20-12-6-4-10-18(20)16-17-8-2-1-3-9-17/h1-13H,14-16H2,(H,24,25). The molecule has 0 aliphatic heterocycles. The van der Waals surface area contributed by atoms with Crippen LogP contribution < -0.4 is 5.32 Å². The van der Waals surface area contributed by atoms with Crippen molar-refractivity contribution in [1.29, 1.82) is 0 Å². The topological polar surface area (TPSA) is 63.2 Å². The second kappa shape index (κ2) is 8.80. The van der Waals surface area contributed by atoms with Crippen molar-refractivity contribution in [2.24, 2.45) is 0 Å². The number of hydrogen-bond acceptors (Lipinski definition) is 3. The molecule has 144 valence electrons. The molecule has 0 atom stereocenters. The van der Waals surface area contributed by atoms with Crippen molar-refractivity contribution in [3.63, 3.8) is 0 Å². The van der Waals surface area contributed by atoms with Crippen LogP contribution in [0.3, 0.4) is 0 Å². The lowest BCUT2D eigenvalue weighted by molar-refractivity contribution is -0.115. The summed E-state index contributed by atoms with van der Waals surface area (Å²) in [4.78, 5) is 11.9. The molecule has 0 fully saturated rings. The zero-order chi connectivity index (χ0) is 20.0. The van der Waals surface area contributed by atoms with Crippen LogP contribution in [0.15, 0.2) is 83.8 Å². The number of carbonyl (C=O) groups is 1. The molecule has 1 N–H and O–H groups in total. The lowest BCUT2D eigenvalue weighted by atomic mass is 10.0. The number of amides is 1. The highest BCUT2D eigenvalue weighted by Gasteiger charge is 2.20. The summed E-state index contributed by atoms with van der Waals surface area (Å²) in [6.07, 6.45) is 0.390. The first-order valence-electron chi connectivity index (χ1n) is 8.85. The maximum Gasteiger partial charge on any atom is 0.225 e. The van der Waals surface area contributed by atoms with Crippen LogP contribution in [0.2, 0.25) is 0 Å². The van der Waals surface area contributed by atoms with Crippen molar-refractivity contribution in [3.8, 4) is 0 Å². The van der Waals surface area contributed by atoms with Crippen LogP contribution in [-0.2, 0) is 21.1 Å². The smallest absolute Gasteiger partial charge is 0.225 e. The van der Waals surface area contributed by atoms with Crippen LogP contribution in [0.1, 0.15) is 17.5 Å². The molecule has 0 bridgehead atoms. The van der Waals surface area contributed by atoms with Gasteiger partial charge in [0.05, 0.1) is 5.75 Å². The molecule has 0 saturated carbocycles. The van der Waals surface area contributed by atoms with E-state index in [2.05, 4.69) is 5.32 Å². The maximum atomic E-state index is 13.7. The number of anilines is 1. The molecule has 3 aromatic carbocycles. The second-order valence-electron chi connectivity index (χ2n) is 6.37. The van der Waals surface area contributed by atoms with E-state index in [0.29, 0.717) is 12.1 Å². The molecule has 3 aromatic rings. The quantitative estimate of drug-likeness (QED) is 0.649. The largest absolute Gasteiger partial charge is 0.326 e. The minimum atomic E-state index is -3.87. The van der Waals surface area contributed by atoms with Gasteiger partial charge in [-0.2, -0.15) is 0 Å². The molecule has 0 aromatic heterocycles. The third-order valence-electron chi connectivity index (χ3n) is 4.30. The minimum absolute atomic E-state index is 0.254. The maximum absolute atomic E-state index is 13.7. The van der Waals surface area contributed by atoms with Gasteiger partial charge in [0.15, 0.2) is 9.84 Å². The average molecular weight is 397 g/mol. The highest BCUT2D eigenvalue weighted by atomic mass is 32.2. The Hall–Kier alpha value is -2.99. The van der Waals surface area contributed by atoms with Crippen molar-refractivity contribution in [2.75, 3.05) is 11.1 Å². The van der Waals surface area contributed by atoms with Gasteiger partial charge in [0.25, 0.3) is 0 Å².